The smallest absolute Gasteiger partial charge is 0.330 e. The molecule has 0 fully saturated rings. The van der Waals surface area contributed by atoms with E-state index in [2.05, 4.69) is 31.0 Å². The maximum Gasteiger partial charge on any atom is 0.330 e. The lowest BCUT2D eigenvalue weighted by Gasteiger charge is -2.15. The number of nitrogens with one attached hydrogen (secondary N) is 2. The Labute approximate surface area is 391 Å². The molecule has 2 aromatic carbocycles. The van der Waals surface area contributed by atoms with Crippen LogP contribution in [0, 0.1) is 27.7 Å². The minimum Gasteiger partial charge on any atom is -0.496 e. The predicted octanol–water partition coefficient (Wildman–Crippen LogP) is 6.55. The molecular formula is C47H44ClN11O7S. The molecule has 9 rings (SSSR count). The van der Waals surface area contributed by atoms with Crippen molar-refractivity contribution < 1.29 is 28.4 Å². The van der Waals surface area contributed by atoms with Gasteiger partial charge in [-0.15, -0.1) is 21.5 Å². The van der Waals surface area contributed by atoms with Crippen molar-refractivity contribution >= 4 is 68.4 Å². The summed E-state index contributed by atoms with van der Waals surface area (Å²) in [6.07, 6.45) is 3.19. The van der Waals surface area contributed by atoms with E-state index in [9.17, 15) is 19.2 Å². The number of methoxy groups -OCH3 is 2. The molecule has 2 amide bonds. The molecule has 20 heteroatoms. The van der Waals surface area contributed by atoms with Gasteiger partial charge in [0, 0.05) is 46.4 Å². The number of carbonyl (C=O) groups is 3. The van der Waals surface area contributed by atoms with Gasteiger partial charge >= 0.3 is 11.7 Å². The quantitative estimate of drug-likeness (QED) is 0.0930. The lowest BCUT2D eigenvalue weighted by atomic mass is 9.99. The Hall–Kier alpha value is -7.51. The summed E-state index contributed by atoms with van der Waals surface area (Å²) < 4.78 is 21.2. The second-order valence-electron chi connectivity index (χ2n) is 16.0. The number of nitrogens with zero attached hydrogens (tertiary/aromatic N) is 9. The molecule has 0 spiro atoms. The molecular weight excluding hydrogens is 898 g/mol. The molecule has 0 saturated carbocycles. The number of thiophene rings is 1. The average molecular weight is 942 g/mol. The van der Waals surface area contributed by atoms with Crippen molar-refractivity contribution in [1.29, 1.82) is 0 Å². The number of carbonyl (C=O) groups excluding carboxylic acids is 3. The van der Waals surface area contributed by atoms with Crippen molar-refractivity contribution in [2.24, 2.45) is 4.99 Å². The molecule has 0 aliphatic carbocycles. The van der Waals surface area contributed by atoms with Gasteiger partial charge in [0.2, 0.25) is 5.91 Å². The van der Waals surface area contributed by atoms with Crippen molar-refractivity contribution in [2.45, 2.75) is 59.7 Å². The molecule has 67 heavy (non-hydrogen) atoms. The van der Waals surface area contributed by atoms with Gasteiger partial charge in [-0.2, -0.15) is 0 Å². The maximum atomic E-state index is 14.5. The maximum absolute atomic E-state index is 14.5. The van der Waals surface area contributed by atoms with Crippen LogP contribution in [0.3, 0.4) is 0 Å². The largest absolute Gasteiger partial charge is 0.496 e. The van der Waals surface area contributed by atoms with Crippen LogP contribution < -0.4 is 21.1 Å². The van der Waals surface area contributed by atoms with Crippen LogP contribution in [-0.4, -0.2) is 89.8 Å². The highest BCUT2D eigenvalue weighted by Crippen LogP contribution is 2.41. The van der Waals surface area contributed by atoms with E-state index in [-0.39, 0.29) is 32.0 Å². The van der Waals surface area contributed by atoms with E-state index in [1.54, 1.807) is 49.2 Å². The number of hydrogen-bond donors (Lipinski definition) is 2. The summed E-state index contributed by atoms with van der Waals surface area (Å²) in [5.74, 6) is 0.852. The fourth-order valence-electron chi connectivity index (χ4n) is 8.61. The summed E-state index contributed by atoms with van der Waals surface area (Å²) >= 11 is 7.51. The number of imidazole rings is 1. The first kappa shape index (κ1) is 44.7. The Bertz CT molecular complexity index is 3330. The highest BCUT2D eigenvalue weighted by atomic mass is 35.5. The number of rotatable bonds is 13. The van der Waals surface area contributed by atoms with Crippen LogP contribution in [0.4, 0.5) is 0 Å². The van der Waals surface area contributed by atoms with E-state index in [0.717, 1.165) is 16.7 Å². The monoisotopic (exact) mass is 941 g/mol. The zero-order valence-electron chi connectivity index (χ0n) is 37.5. The van der Waals surface area contributed by atoms with Gasteiger partial charge in [-0.25, -0.2) is 4.79 Å². The van der Waals surface area contributed by atoms with Gasteiger partial charge in [0.25, 0.3) is 5.91 Å². The molecule has 342 valence electrons. The number of fused-ring (bicyclic) bond motifs is 6. The first-order valence-electron chi connectivity index (χ1n) is 21.3. The molecule has 1 aliphatic heterocycles. The van der Waals surface area contributed by atoms with E-state index in [4.69, 9.17) is 35.6 Å². The Morgan fingerprint density at radius 2 is 1.75 bits per heavy atom. The Kier molecular flexibility index (Phi) is 12.0. The number of aryl methyl sites for hydroxylation is 3. The number of benzene rings is 2. The number of aliphatic imine (C=N–C) groups is 1. The number of esters is 1. The molecule has 2 N–H and O–H groups in total. The molecule has 7 heterocycles. The van der Waals surface area contributed by atoms with Gasteiger partial charge in [-0.05, 0) is 76.6 Å². The number of pyridine rings is 2. The normalized spacial score (nSPS) is 13.7. The number of aromatic nitrogens is 8. The lowest BCUT2D eigenvalue weighted by Crippen LogP contribution is -2.38. The van der Waals surface area contributed by atoms with Gasteiger partial charge in [0.05, 0.1) is 77.0 Å². The SMILES string of the molecule is COC(=O)CC1N=C(c2ccc(Cl)cc2)c2c(sc(C(=O)NCCNC(=O)Cn3c(=O)n(C(C)c4ccccn4)c4c5cc(OC)c(-c6c(C)noc6C)cc5ncc43)c2C)-n2c(C)nnc21. The van der Waals surface area contributed by atoms with Gasteiger partial charge in [0.1, 0.15) is 34.9 Å². The van der Waals surface area contributed by atoms with E-state index >= 15 is 0 Å². The molecule has 1 aliphatic rings. The number of amides is 2. The molecule has 0 saturated heterocycles. The predicted molar refractivity (Wildman–Crippen MR) is 252 cm³/mol. The van der Waals surface area contributed by atoms with Crippen LogP contribution in [-0.2, 0) is 20.9 Å². The van der Waals surface area contributed by atoms with Gasteiger partial charge < -0.3 is 24.6 Å². The van der Waals surface area contributed by atoms with Crippen molar-refractivity contribution in [3.63, 3.8) is 0 Å². The van der Waals surface area contributed by atoms with Crippen molar-refractivity contribution in [1.82, 2.24) is 49.7 Å². The first-order valence-corrected chi connectivity index (χ1v) is 22.5. The molecule has 8 aromatic rings. The van der Waals surface area contributed by atoms with Crippen molar-refractivity contribution in [2.75, 3.05) is 27.3 Å². The zero-order valence-corrected chi connectivity index (χ0v) is 39.1. The molecule has 0 radical (unpaired) electrons. The van der Waals surface area contributed by atoms with Crippen molar-refractivity contribution in [3.8, 4) is 21.9 Å². The summed E-state index contributed by atoms with van der Waals surface area (Å²) in [7, 11) is 2.89. The highest BCUT2D eigenvalue weighted by molar-refractivity contribution is 7.17. The third-order valence-corrected chi connectivity index (χ3v) is 13.4. The molecule has 2 atom stereocenters. The third kappa shape index (κ3) is 8.03. The zero-order chi connectivity index (χ0) is 47.3. The average Bonchev–Trinajstić information content (AvgIpc) is 4.04. The summed E-state index contributed by atoms with van der Waals surface area (Å²) in [5, 5.41) is 20.5. The lowest BCUT2D eigenvalue weighted by molar-refractivity contribution is -0.141. The second-order valence-corrected chi connectivity index (χ2v) is 17.4. The third-order valence-electron chi connectivity index (χ3n) is 11.9. The van der Waals surface area contributed by atoms with Crippen LogP contribution in [0.1, 0.15) is 80.6 Å². The van der Waals surface area contributed by atoms with Crippen LogP contribution in [0.2, 0.25) is 5.02 Å². The Balaban J connectivity index is 0.982. The molecule has 18 nitrogen and oxygen atoms in total. The van der Waals surface area contributed by atoms with Gasteiger partial charge in [-0.3, -0.25) is 43.0 Å². The Morgan fingerprint density at radius 1 is 0.970 bits per heavy atom. The summed E-state index contributed by atoms with van der Waals surface area (Å²) in [6.45, 7) is 9.01. The van der Waals surface area contributed by atoms with E-state index in [1.165, 1.54) is 23.0 Å². The van der Waals surface area contributed by atoms with Crippen molar-refractivity contribution in [3.05, 3.63) is 133 Å². The molecule has 2 unspecified atom stereocenters. The minimum absolute atomic E-state index is 0.0662. The molecule has 0 bridgehead atoms. The fourth-order valence-corrected chi connectivity index (χ4v) is 10.0. The van der Waals surface area contributed by atoms with Crippen LogP contribution in [0.5, 0.6) is 5.75 Å². The van der Waals surface area contributed by atoms with Crippen LogP contribution >= 0.6 is 22.9 Å². The van der Waals surface area contributed by atoms with Gasteiger partial charge in [0.15, 0.2) is 5.82 Å². The number of halogens is 1. The van der Waals surface area contributed by atoms with Crippen LogP contribution in [0.15, 0.2) is 81.3 Å². The minimum atomic E-state index is -0.719. The first-order chi connectivity index (χ1) is 32.3. The van der Waals surface area contributed by atoms with Crippen LogP contribution in [0.25, 0.3) is 38.1 Å². The highest BCUT2D eigenvalue weighted by Gasteiger charge is 2.34. The van der Waals surface area contributed by atoms with Gasteiger partial charge in [-0.1, -0.05) is 35.0 Å². The van der Waals surface area contributed by atoms with E-state index in [1.807, 2.05) is 68.7 Å². The Morgan fingerprint density at radius 3 is 2.45 bits per heavy atom. The fraction of sp³-hybridized carbons (Fsp3) is 0.277. The summed E-state index contributed by atoms with van der Waals surface area (Å²) in [6, 6.07) is 15.1. The second kappa shape index (κ2) is 18.0. The standard InChI is InChI=1S/C47H44ClN11O7S/c1-23-39-41(28-11-13-29(48)14-12-28)53-34(20-38(61)65-7)44-55-54-27(5)59(44)46(39)67-43(23)45(62)51-17-16-50-37(60)22-57-35-21-52-33-18-31(40-24(2)56-66-26(40)4)36(64-6)19-30(33)42(35)58(47(57)63)25(3)32-10-8-9-15-49-32/h8-15,18-19,21,25,34H,16-17,20,22H2,1-7H3,(H,50,60)(H,51,62). The van der Waals surface area contributed by atoms with E-state index < -0.39 is 29.6 Å². The van der Waals surface area contributed by atoms with E-state index in [0.29, 0.717) is 88.2 Å². The summed E-state index contributed by atoms with van der Waals surface area (Å²) in [5.41, 5.74) is 6.65. The summed E-state index contributed by atoms with van der Waals surface area (Å²) in [4.78, 5) is 69.5. The number of ether oxygens (including phenoxy) is 2. The molecule has 6 aromatic heterocycles. The topological polar surface area (TPSA) is 216 Å². The number of hydrogen-bond acceptors (Lipinski definition) is 14.